The van der Waals surface area contributed by atoms with E-state index >= 15 is 0 Å². The number of pyridine rings is 1. The number of halogens is 2. The van der Waals surface area contributed by atoms with Crippen molar-refractivity contribution in [2.24, 2.45) is 0 Å². The van der Waals surface area contributed by atoms with Crippen molar-refractivity contribution < 1.29 is 29.6 Å². The summed E-state index contributed by atoms with van der Waals surface area (Å²) in [5.74, 6) is -0.281. The van der Waals surface area contributed by atoms with E-state index in [2.05, 4.69) is 72.2 Å². The van der Waals surface area contributed by atoms with Gasteiger partial charge in [0.2, 0.25) is 0 Å². The molecule has 1 unspecified atom stereocenters. The minimum Gasteiger partial charge on any atom is -0.488 e. The zero-order valence-electron chi connectivity index (χ0n) is 28.2. The molecule has 3 heterocycles. The van der Waals surface area contributed by atoms with Crippen molar-refractivity contribution in [3.8, 4) is 22.6 Å². The Hall–Kier alpha value is -3.97. The van der Waals surface area contributed by atoms with Crippen LogP contribution in [0.15, 0.2) is 89.8 Å². The van der Waals surface area contributed by atoms with E-state index in [-0.39, 0.29) is 25.9 Å². The number of hydrogen-bond donors (Lipinski definition) is 4. The van der Waals surface area contributed by atoms with Gasteiger partial charge in [-0.2, -0.15) is 0 Å². The Labute approximate surface area is 310 Å². The van der Waals surface area contributed by atoms with E-state index < -0.39 is 18.6 Å². The third-order valence-corrected chi connectivity index (χ3v) is 10.5. The van der Waals surface area contributed by atoms with Crippen molar-refractivity contribution in [3.05, 3.63) is 112 Å². The van der Waals surface area contributed by atoms with Gasteiger partial charge in [-0.05, 0) is 77.1 Å². The molecule has 2 aromatic heterocycles. The number of carbonyl (C=O) groups is 1. The minimum absolute atomic E-state index is 0.101. The molecule has 1 saturated heterocycles. The fraction of sp³-hybridized carbons (Fsp3) is 0.333. The second kappa shape index (κ2) is 17.5. The number of aliphatic hydroxyl groups excluding tert-OH is 2. The lowest BCUT2D eigenvalue weighted by atomic mass is 10.00. The Kier molecular flexibility index (Phi) is 12.6. The first kappa shape index (κ1) is 36.8. The first-order valence-electron chi connectivity index (χ1n) is 17.1. The zero-order valence-corrected chi connectivity index (χ0v) is 30.5. The fourth-order valence-electron chi connectivity index (χ4n) is 6.38. The van der Waals surface area contributed by atoms with E-state index in [1.807, 2.05) is 24.3 Å². The molecule has 1 aliphatic heterocycles. The maximum atomic E-state index is 11.5. The van der Waals surface area contributed by atoms with Crippen molar-refractivity contribution in [2.45, 2.75) is 57.7 Å². The molecule has 1 fully saturated rings. The second-order valence-corrected chi connectivity index (χ2v) is 13.9. The van der Waals surface area contributed by atoms with E-state index in [0.29, 0.717) is 22.1 Å². The number of aliphatic carboxylic acids is 1. The van der Waals surface area contributed by atoms with Crippen LogP contribution in [0.3, 0.4) is 0 Å². The number of fused-ring (bicyclic) bond motifs is 1. The molecule has 51 heavy (non-hydrogen) atoms. The lowest BCUT2D eigenvalue weighted by Gasteiger charge is -2.29. The average Bonchev–Trinajstić information content (AvgIpc) is 3.56. The fourth-order valence-corrected chi connectivity index (χ4v) is 7.22. The third-order valence-electron chi connectivity index (χ3n) is 9.25. The van der Waals surface area contributed by atoms with Crippen molar-refractivity contribution >= 4 is 44.4 Å². The normalized spacial score (nSPS) is 14.5. The monoisotopic (exact) mass is 776 g/mol. The highest BCUT2D eigenvalue weighted by atomic mass is 79.9. The van der Waals surface area contributed by atoms with Crippen molar-refractivity contribution in [3.63, 3.8) is 0 Å². The minimum atomic E-state index is -1.16. The number of aryl methyl sites for hydroxylation is 1. The smallest absolute Gasteiger partial charge is 0.323 e. The summed E-state index contributed by atoms with van der Waals surface area (Å²) in [6, 6.07) is 20.7. The van der Waals surface area contributed by atoms with Gasteiger partial charge in [0.15, 0.2) is 0 Å². The number of nitrogens with one attached hydrogen (secondary N) is 1. The first-order chi connectivity index (χ1) is 24.8. The molecular weight excluding hydrogens is 736 g/mol. The number of benzene rings is 3. The predicted molar refractivity (Wildman–Crippen MR) is 201 cm³/mol. The number of piperidine rings is 1. The summed E-state index contributed by atoms with van der Waals surface area (Å²) in [4.78, 5) is 18.1. The number of aromatic nitrogens is 2. The van der Waals surface area contributed by atoms with Crippen LogP contribution in [0.4, 0.5) is 0 Å². The lowest BCUT2D eigenvalue weighted by Crippen LogP contribution is -2.39. The Morgan fingerprint density at radius 3 is 2.53 bits per heavy atom. The summed E-state index contributed by atoms with van der Waals surface area (Å²) in [5.41, 5.74) is 5.76. The first-order valence-corrected chi connectivity index (χ1v) is 18.3. The van der Waals surface area contributed by atoms with Gasteiger partial charge in [-0.1, -0.05) is 48.0 Å². The molecule has 0 aliphatic carbocycles. The van der Waals surface area contributed by atoms with E-state index in [1.54, 1.807) is 24.5 Å². The maximum Gasteiger partial charge on any atom is 0.323 e. The summed E-state index contributed by atoms with van der Waals surface area (Å²) in [6.07, 6.45) is 8.16. The molecule has 3 aromatic carbocycles. The van der Waals surface area contributed by atoms with Gasteiger partial charge in [-0.25, -0.2) is 0 Å². The third kappa shape index (κ3) is 9.29. The van der Waals surface area contributed by atoms with Crippen LogP contribution in [0, 0.1) is 0 Å². The highest BCUT2D eigenvalue weighted by Crippen LogP contribution is 2.38. The Bertz CT molecular complexity index is 1930. The number of carboxylic acid groups (broad SMARTS) is 1. The number of likely N-dealkylation sites (tertiary alicyclic amines) is 1. The van der Waals surface area contributed by atoms with Crippen molar-refractivity contribution in [1.82, 2.24) is 19.8 Å². The van der Waals surface area contributed by atoms with E-state index in [0.717, 1.165) is 72.2 Å². The number of carboxylic acids is 1. The molecule has 1 atom stereocenters. The van der Waals surface area contributed by atoms with E-state index in [9.17, 15) is 20.1 Å². The summed E-state index contributed by atoms with van der Waals surface area (Å²) in [7, 11) is 0. The van der Waals surface area contributed by atoms with E-state index in [4.69, 9.17) is 21.1 Å². The van der Waals surface area contributed by atoms with Gasteiger partial charge in [0.1, 0.15) is 30.8 Å². The van der Waals surface area contributed by atoms with Crippen LogP contribution in [0.5, 0.6) is 11.5 Å². The number of aliphatic hydroxyl groups is 2. The van der Waals surface area contributed by atoms with Crippen LogP contribution in [-0.4, -0.2) is 74.1 Å². The lowest BCUT2D eigenvalue weighted by molar-refractivity contribution is -0.140. The molecule has 0 spiro atoms. The van der Waals surface area contributed by atoms with Crippen LogP contribution in [0.2, 0.25) is 5.02 Å². The van der Waals surface area contributed by atoms with Gasteiger partial charge in [0, 0.05) is 82.9 Å². The molecule has 6 rings (SSSR count). The number of hydrogen-bond acceptors (Lipinski definition) is 8. The topological polar surface area (TPSA) is 129 Å². The second-order valence-electron chi connectivity index (χ2n) is 12.7. The quantitative estimate of drug-likeness (QED) is 0.0870. The van der Waals surface area contributed by atoms with E-state index in [1.165, 1.54) is 10.9 Å². The standard InChI is InChI=1S/C39H42BrClN4O6/c40-38-27(6-1-8-32(38)30-7-2-9-35-31(30)12-18-45(35)15-4-14-44-16-10-29(47)11-17-44)25-51-37-20-36(50-24-26-5-3-13-42-21-26)28(19-33(37)41)22-43-34(23-46)39(48)49/h1-3,5-9,12-13,18-21,29,34,43,46-47H,4,10-11,14-17,22-25H2,(H,48,49). The van der Waals surface area contributed by atoms with Crippen LogP contribution in [0.1, 0.15) is 36.0 Å². The maximum absolute atomic E-state index is 11.5. The van der Waals surface area contributed by atoms with Crippen molar-refractivity contribution in [2.75, 3.05) is 26.2 Å². The number of ether oxygens (including phenoxy) is 2. The Morgan fingerprint density at radius 1 is 0.980 bits per heavy atom. The molecule has 0 radical (unpaired) electrons. The highest BCUT2D eigenvalue weighted by Gasteiger charge is 2.20. The van der Waals surface area contributed by atoms with Gasteiger partial charge >= 0.3 is 5.97 Å². The summed E-state index contributed by atoms with van der Waals surface area (Å²) < 4.78 is 15.7. The van der Waals surface area contributed by atoms with Crippen LogP contribution in [0.25, 0.3) is 22.0 Å². The molecule has 1 aliphatic rings. The Morgan fingerprint density at radius 2 is 1.76 bits per heavy atom. The van der Waals surface area contributed by atoms with Crippen LogP contribution >= 0.6 is 27.5 Å². The van der Waals surface area contributed by atoms with Crippen LogP contribution in [-0.2, 0) is 31.1 Å². The van der Waals surface area contributed by atoms with Crippen molar-refractivity contribution in [1.29, 1.82) is 0 Å². The van der Waals surface area contributed by atoms with Gasteiger partial charge in [0.05, 0.1) is 17.7 Å². The van der Waals surface area contributed by atoms with Gasteiger partial charge in [0.25, 0.3) is 0 Å². The average molecular weight is 778 g/mol. The predicted octanol–water partition coefficient (Wildman–Crippen LogP) is 6.66. The zero-order chi connectivity index (χ0) is 35.7. The summed E-state index contributed by atoms with van der Waals surface area (Å²) in [6.45, 7) is 3.87. The SMILES string of the molecule is O=C(O)C(CO)NCc1cc(Cl)c(OCc2cccc(-c3cccc4c3ccn4CCCN3CCC(O)CC3)c2Br)cc1OCc1cccnc1. The Balaban J connectivity index is 1.18. The number of nitrogens with zero attached hydrogens (tertiary/aromatic N) is 3. The molecule has 4 N–H and O–H groups in total. The number of rotatable bonds is 16. The molecular formula is C39H42BrClN4O6. The molecule has 12 heteroatoms. The van der Waals surface area contributed by atoms with Gasteiger partial charge < -0.3 is 34.3 Å². The largest absolute Gasteiger partial charge is 0.488 e. The summed E-state index contributed by atoms with van der Waals surface area (Å²) >= 11 is 10.6. The molecule has 0 bridgehead atoms. The molecule has 268 valence electrons. The van der Waals surface area contributed by atoms with Gasteiger partial charge in [-0.3, -0.25) is 15.1 Å². The molecule has 0 saturated carbocycles. The molecule has 10 nitrogen and oxygen atoms in total. The summed E-state index contributed by atoms with van der Waals surface area (Å²) in [5, 5.41) is 33.0. The molecule has 0 amide bonds. The highest BCUT2D eigenvalue weighted by molar-refractivity contribution is 9.10. The molecule has 5 aromatic rings. The van der Waals surface area contributed by atoms with Crippen LogP contribution < -0.4 is 14.8 Å². The van der Waals surface area contributed by atoms with Gasteiger partial charge in [-0.15, -0.1) is 0 Å².